The van der Waals surface area contributed by atoms with Crippen molar-refractivity contribution in [3.05, 3.63) is 0 Å². The number of rotatable bonds is 17. The van der Waals surface area contributed by atoms with Crippen molar-refractivity contribution in [2.75, 3.05) is 74.2 Å². The SMILES string of the molecule is CC(C)(C)CC(C)(C)OC(=O)C[N+](C)(C)CCOCCC(=O)OCC[N+](C)(C)CC(=O)OC(C)(C)CC(C)(C)C. The van der Waals surface area contributed by atoms with E-state index < -0.39 is 11.2 Å². The van der Waals surface area contributed by atoms with Crippen LogP contribution in [-0.4, -0.2) is 112 Å². The molecule has 0 aliphatic carbocycles. The second kappa shape index (κ2) is 15.0. The van der Waals surface area contributed by atoms with E-state index in [0.29, 0.717) is 28.7 Å². The molecule has 0 saturated carbocycles. The zero-order valence-corrected chi connectivity index (χ0v) is 28.3. The summed E-state index contributed by atoms with van der Waals surface area (Å²) in [5, 5.41) is 0. The van der Waals surface area contributed by atoms with Gasteiger partial charge in [0, 0.05) is 0 Å². The Kier molecular flexibility index (Phi) is 14.3. The topological polar surface area (TPSA) is 88.1 Å². The first-order chi connectivity index (χ1) is 17.7. The van der Waals surface area contributed by atoms with Crippen LogP contribution in [0.25, 0.3) is 0 Å². The zero-order chi connectivity index (χ0) is 31.6. The molecule has 0 amide bonds. The molecule has 0 rings (SSSR count). The van der Waals surface area contributed by atoms with E-state index >= 15 is 0 Å². The standard InChI is InChI=1S/C31H62N2O7/c1-28(2,3)23-30(7,8)39-26(35)21-32(11,12)16-19-37-18-15-25(34)38-20-17-33(13,14)22-27(36)40-31(9,10)24-29(4,5)6/h15-24H2,1-14H3/q+2. The summed E-state index contributed by atoms with van der Waals surface area (Å²) >= 11 is 0. The molecule has 0 radical (unpaired) electrons. The Labute approximate surface area is 245 Å². The van der Waals surface area contributed by atoms with Crippen LogP contribution in [-0.2, 0) is 33.3 Å². The number of hydrogen-bond donors (Lipinski definition) is 0. The smallest absolute Gasteiger partial charge is 0.362 e. The molecule has 0 aromatic rings. The summed E-state index contributed by atoms with van der Waals surface area (Å²) in [6.45, 7) is 22.9. The molecule has 0 aromatic carbocycles. The summed E-state index contributed by atoms with van der Waals surface area (Å²) in [7, 11) is 7.74. The minimum atomic E-state index is -0.539. The quantitative estimate of drug-likeness (QED) is 0.109. The van der Waals surface area contributed by atoms with E-state index in [4.69, 9.17) is 18.9 Å². The van der Waals surface area contributed by atoms with Gasteiger partial charge in [0.15, 0.2) is 13.1 Å². The van der Waals surface area contributed by atoms with Crippen LogP contribution in [0, 0.1) is 10.8 Å². The van der Waals surface area contributed by atoms with Gasteiger partial charge in [0.2, 0.25) is 0 Å². The maximum Gasteiger partial charge on any atom is 0.362 e. The average Bonchev–Trinajstić information content (AvgIpc) is 2.60. The minimum absolute atomic E-state index is 0.0542. The molecule has 0 aliphatic rings. The molecule has 236 valence electrons. The van der Waals surface area contributed by atoms with E-state index in [1.165, 1.54) is 0 Å². The van der Waals surface area contributed by atoms with Gasteiger partial charge in [-0.25, -0.2) is 9.59 Å². The molecule has 9 nitrogen and oxygen atoms in total. The summed E-state index contributed by atoms with van der Waals surface area (Å²) in [5.41, 5.74) is -0.941. The van der Waals surface area contributed by atoms with Crippen molar-refractivity contribution in [3.8, 4) is 0 Å². The summed E-state index contributed by atoms with van der Waals surface area (Å²) in [6, 6.07) is 0. The van der Waals surface area contributed by atoms with Gasteiger partial charge in [0.25, 0.3) is 0 Å². The predicted molar refractivity (Wildman–Crippen MR) is 159 cm³/mol. The van der Waals surface area contributed by atoms with Crippen molar-refractivity contribution in [1.82, 2.24) is 0 Å². The first kappa shape index (κ1) is 38.3. The van der Waals surface area contributed by atoms with Crippen LogP contribution in [0.1, 0.15) is 88.5 Å². The van der Waals surface area contributed by atoms with Gasteiger partial charge in [0.1, 0.15) is 30.9 Å². The van der Waals surface area contributed by atoms with Crippen LogP contribution in [0.15, 0.2) is 0 Å². The van der Waals surface area contributed by atoms with Crippen molar-refractivity contribution in [1.29, 1.82) is 0 Å². The van der Waals surface area contributed by atoms with E-state index in [2.05, 4.69) is 41.5 Å². The first-order valence-electron chi connectivity index (χ1n) is 14.5. The van der Waals surface area contributed by atoms with Gasteiger partial charge < -0.3 is 27.9 Å². The summed E-state index contributed by atoms with van der Waals surface area (Å²) in [4.78, 5) is 37.2. The lowest BCUT2D eigenvalue weighted by molar-refractivity contribution is -0.883. The molecular weight excluding hydrogens is 512 g/mol. The number of esters is 3. The van der Waals surface area contributed by atoms with Gasteiger partial charge in [-0.2, -0.15) is 0 Å². The maximum absolute atomic E-state index is 12.5. The van der Waals surface area contributed by atoms with Crippen LogP contribution >= 0.6 is 0 Å². The van der Waals surface area contributed by atoms with Crippen LogP contribution in [0.3, 0.4) is 0 Å². The Morgan fingerprint density at radius 2 is 0.925 bits per heavy atom. The highest BCUT2D eigenvalue weighted by molar-refractivity contribution is 5.71. The molecule has 0 unspecified atom stereocenters. The van der Waals surface area contributed by atoms with E-state index in [0.717, 1.165) is 12.8 Å². The number of carbonyl (C=O) groups excluding carboxylic acids is 3. The van der Waals surface area contributed by atoms with Crippen LogP contribution in [0.2, 0.25) is 0 Å². The Morgan fingerprint density at radius 1 is 0.550 bits per heavy atom. The van der Waals surface area contributed by atoms with Crippen molar-refractivity contribution in [2.24, 2.45) is 10.8 Å². The Hall–Kier alpha value is -1.71. The monoisotopic (exact) mass is 574 g/mol. The van der Waals surface area contributed by atoms with Gasteiger partial charge in [-0.15, -0.1) is 0 Å². The maximum atomic E-state index is 12.5. The predicted octanol–water partition coefficient (Wildman–Crippen LogP) is 4.61. The zero-order valence-electron chi connectivity index (χ0n) is 28.3. The largest absolute Gasteiger partial charge is 0.460 e. The second-order valence-corrected chi connectivity index (χ2v) is 16.2. The Balaban J connectivity index is 4.28. The molecule has 0 N–H and O–H groups in total. The van der Waals surface area contributed by atoms with Crippen molar-refractivity contribution < 1.29 is 42.3 Å². The number of quaternary nitrogens is 2. The van der Waals surface area contributed by atoms with Crippen LogP contribution < -0.4 is 0 Å². The van der Waals surface area contributed by atoms with Gasteiger partial charge in [-0.3, -0.25) is 4.79 Å². The number of carbonyl (C=O) groups is 3. The average molecular weight is 575 g/mol. The lowest BCUT2D eigenvalue weighted by atomic mass is 9.83. The molecule has 0 aromatic heterocycles. The lowest BCUT2D eigenvalue weighted by Crippen LogP contribution is -2.48. The van der Waals surface area contributed by atoms with Gasteiger partial charge in [-0.05, 0) is 51.4 Å². The lowest BCUT2D eigenvalue weighted by Gasteiger charge is -2.34. The molecule has 0 saturated heterocycles. The number of ether oxygens (including phenoxy) is 4. The van der Waals surface area contributed by atoms with Crippen molar-refractivity contribution >= 4 is 17.9 Å². The molecule has 0 spiro atoms. The van der Waals surface area contributed by atoms with E-state index in [1.807, 2.05) is 55.9 Å². The molecular formula is C31H62N2O7+2. The Morgan fingerprint density at radius 3 is 1.30 bits per heavy atom. The molecule has 40 heavy (non-hydrogen) atoms. The summed E-state index contributed by atoms with van der Waals surface area (Å²) in [6.07, 6.45) is 1.68. The summed E-state index contributed by atoms with van der Waals surface area (Å²) in [5.74, 6) is -0.833. The minimum Gasteiger partial charge on any atom is -0.460 e. The van der Waals surface area contributed by atoms with E-state index in [-0.39, 0.29) is 61.5 Å². The van der Waals surface area contributed by atoms with Gasteiger partial charge >= 0.3 is 17.9 Å². The van der Waals surface area contributed by atoms with Gasteiger partial charge in [-0.1, -0.05) is 41.5 Å². The number of likely N-dealkylation sites (N-methyl/N-ethyl adjacent to an activating group) is 2. The number of hydrogen-bond acceptors (Lipinski definition) is 7. The number of nitrogens with zero attached hydrogens (tertiary/aromatic N) is 2. The highest BCUT2D eigenvalue weighted by Gasteiger charge is 2.33. The van der Waals surface area contributed by atoms with Gasteiger partial charge in [0.05, 0.1) is 47.8 Å². The molecule has 0 fully saturated rings. The van der Waals surface area contributed by atoms with Crippen LogP contribution in [0.4, 0.5) is 0 Å². The van der Waals surface area contributed by atoms with E-state index in [1.54, 1.807) is 0 Å². The molecule has 9 heteroatoms. The third-order valence-corrected chi connectivity index (χ3v) is 6.06. The molecule has 0 atom stereocenters. The summed E-state index contributed by atoms with van der Waals surface area (Å²) < 4.78 is 23.3. The normalized spacial score (nSPS) is 13.7. The van der Waals surface area contributed by atoms with Crippen molar-refractivity contribution in [2.45, 2.75) is 99.7 Å². The fourth-order valence-electron chi connectivity index (χ4n) is 5.21. The fraction of sp³-hybridized carbons (Fsp3) is 0.903. The third kappa shape index (κ3) is 21.1. The van der Waals surface area contributed by atoms with E-state index in [9.17, 15) is 14.4 Å². The second-order valence-electron chi connectivity index (χ2n) is 16.2. The van der Waals surface area contributed by atoms with Crippen LogP contribution in [0.5, 0.6) is 0 Å². The van der Waals surface area contributed by atoms with Crippen molar-refractivity contribution in [3.63, 3.8) is 0 Å². The molecule has 0 heterocycles. The molecule has 0 bridgehead atoms. The fourth-order valence-corrected chi connectivity index (χ4v) is 5.21. The highest BCUT2D eigenvalue weighted by Crippen LogP contribution is 2.30. The highest BCUT2D eigenvalue weighted by atomic mass is 16.6. The first-order valence-corrected chi connectivity index (χ1v) is 14.5. The third-order valence-electron chi connectivity index (χ3n) is 6.06. The molecule has 0 aliphatic heterocycles. The Bertz CT molecular complexity index is 819.